The average molecular weight is 424 g/mol. The molecule has 1 atom stereocenters. The van der Waals surface area contributed by atoms with Crippen LogP contribution in [0.25, 0.3) is 11.0 Å². The first-order valence-corrected chi connectivity index (χ1v) is 10.9. The molecule has 2 heterocycles. The Morgan fingerprint density at radius 3 is 2.28 bits per heavy atom. The van der Waals surface area contributed by atoms with E-state index in [1.807, 2.05) is 75.4 Å². The minimum atomic E-state index is -0.455. The normalized spacial score (nSPS) is 15.4. The van der Waals surface area contributed by atoms with E-state index >= 15 is 0 Å². The first-order chi connectivity index (χ1) is 15.4. The molecule has 1 unspecified atom stereocenters. The van der Waals surface area contributed by atoms with E-state index in [0.29, 0.717) is 29.5 Å². The fraction of sp³-hybridized carbons (Fsp3) is 0.214. The largest absolute Gasteiger partial charge is 0.450 e. The predicted molar refractivity (Wildman–Crippen MR) is 126 cm³/mol. The predicted octanol–water partition coefficient (Wildman–Crippen LogP) is 5.51. The summed E-state index contributed by atoms with van der Waals surface area (Å²) in [7, 11) is 0. The fourth-order valence-electron chi connectivity index (χ4n) is 4.50. The highest BCUT2D eigenvalue weighted by atomic mass is 16.3. The van der Waals surface area contributed by atoms with Gasteiger partial charge in [0.1, 0.15) is 5.58 Å². The second-order valence-electron chi connectivity index (χ2n) is 8.65. The molecule has 0 radical (unpaired) electrons. The molecule has 1 aromatic heterocycles. The Hall–Kier alpha value is -3.66. The molecule has 0 saturated carbocycles. The number of fused-ring (bicyclic) bond motifs is 2. The third-order valence-corrected chi connectivity index (χ3v) is 6.46. The van der Waals surface area contributed by atoms with Crippen LogP contribution in [0.4, 0.5) is 0 Å². The van der Waals surface area contributed by atoms with Crippen molar-refractivity contribution in [3.05, 3.63) is 116 Å². The maximum atomic E-state index is 13.7. The fourth-order valence-corrected chi connectivity index (χ4v) is 4.50. The van der Waals surface area contributed by atoms with Gasteiger partial charge in [-0.15, -0.1) is 0 Å². The topological polar surface area (TPSA) is 50.5 Å². The summed E-state index contributed by atoms with van der Waals surface area (Å²) in [4.78, 5) is 29.0. The van der Waals surface area contributed by atoms with Gasteiger partial charge in [0.25, 0.3) is 5.91 Å². The van der Waals surface area contributed by atoms with Gasteiger partial charge in [-0.2, -0.15) is 0 Å². The van der Waals surface area contributed by atoms with Crippen molar-refractivity contribution in [3.63, 3.8) is 0 Å². The SMILES string of the molecule is Cc1ccc(C2c3c(oc4cc(C)c(C)cc4c3=O)C(=O)N2CCc2ccccc2)cc1. The highest BCUT2D eigenvalue weighted by Gasteiger charge is 2.42. The van der Waals surface area contributed by atoms with Gasteiger partial charge >= 0.3 is 0 Å². The first kappa shape index (κ1) is 20.3. The monoisotopic (exact) mass is 423 g/mol. The maximum Gasteiger partial charge on any atom is 0.290 e. The average Bonchev–Trinajstić information content (AvgIpc) is 3.07. The van der Waals surface area contributed by atoms with Crippen molar-refractivity contribution in [3.8, 4) is 0 Å². The summed E-state index contributed by atoms with van der Waals surface area (Å²) < 4.78 is 6.10. The molecule has 0 N–H and O–H groups in total. The highest BCUT2D eigenvalue weighted by molar-refractivity contribution is 5.99. The Balaban J connectivity index is 1.67. The van der Waals surface area contributed by atoms with Crippen LogP contribution < -0.4 is 5.43 Å². The summed E-state index contributed by atoms with van der Waals surface area (Å²) in [5.41, 5.74) is 6.06. The lowest BCUT2D eigenvalue weighted by Gasteiger charge is -2.25. The second-order valence-corrected chi connectivity index (χ2v) is 8.65. The second kappa shape index (κ2) is 7.79. The number of carbonyl (C=O) groups excluding carboxylic acids is 1. The lowest BCUT2D eigenvalue weighted by Crippen LogP contribution is -2.31. The summed E-state index contributed by atoms with van der Waals surface area (Å²) in [6.07, 6.45) is 0.703. The molecule has 0 aliphatic carbocycles. The standard InChI is InChI=1S/C28H25NO3/c1-17-9-11-21(12-10-17)25-24-26(30)22-15-18(2)19(3)16-23(22)32-27(24)28(31)29(25)14-13-20-7-5-4-6-8-20/h4-12,15-16,25H,13-14H2,1-3H3. The molecular formula is C28H25NO3. The Labute approximate surface area is 187 Å². The first-order valence-electron chi connectivity index (χ1n) is 10.9. The van der Waals surface area contributed by atoms with E-state index in [4.69, 9.17) is 4.42 Å². The zero-order chi connectivity index (χ0) is 22.4. The number of benzene rings is 3. The van der Waals surface area contributed by atoms with Crippen molar-refractivity contribution >= 4 is 16.9 Å². The molecule has 1 amide bonds. The highest BCUT2D eigenvalue weighted by Crippen LogP contribution is 2.38. The van der Waals surface area contributed by atoms with Gasteiger partial charge in [-0.05, 0) is 61.6 Å². The number of nitrogens with zero attached hydrogens (tertiary/aromatic N) is 1. The minimum Gasteiger partial charge on any atom is -0.450 e. The third-order valence-electron chi connectivity index (χ3n) is 6.46. The molecule has 4 nitrogen and oxygen atoms in total. The summed E-state index contributed by atoms with van der Waals surface area (Å²) >= 11 is 0. The smallest absolute Gasteiger partial charge is 0.290 e. The maximum absolute atomic E-state index is 13.7. The van der Waals surface area contributed by atoms with Gasteiger partial charge in [0.05, 0.1) is 17.0 Å². The van der Waals surface area contributed by atoms with Crippen molar-refractivity contribution in [2.24, 2.45) is 0 Å². The van der Waals surface area contributed by atoms with Gasteiger partial charge in [0.2, 0.25) is 5.76 Å². The van der Waals surface area contributed by atoms with Crippen LogP contribution in [-0.2, 0) is 6.42 Å². The van der Waals surface area contributed by atoms with Gasteiger partial charge in [0, 0.05) is 6.54 Å². The number of carbonyl (C=O) groups is 1. The van der Waals surface area contributed by atoms with Gasteiger partial charge in [0.15, 0.2) is 5.43 Å². The summed E-state index contributed by atoms with van der Waals surface area (Å²) in [6.45, 7) is 6.48. The van der Waals surface area contributed by atoms with E-state index in [1.165, 1.54) is 0 Å². The number of amides is 1. The van der Waals surface area contributed by atoms with Crippen LogP contribution in [0.15, 0.2) is 75.9 Å². The summed E-state index contributed by atoms with van der Waals surface area (Å²) in [5, 5.41) is 0.529. The van der Waals surface area contributed by atoms with Crippen molar-refractivity contribution in [1.29, 1.82) is 0 Å². The van der Waals surface area contributed by atoms with E-state index in [0.717, 1.165) is 27.8 Å². The van der Waals surface area contributed by atoms with Gasteiger partial charge in [-0.25, -0.2) is 0 Å². The van der Waals surface area contributed by atoms with E-state index in [2.05, 4.69) is 12.1 Å². The van der Waals surface area contributed by atoms with Gasteiger partial charge in [-0.3, -0.25) is 9.59 Å². The lowest BCUT2D eigenvalue weighted by atomic mass is 9.96. The summed E-state index contributed by atoms with van der Waals surface area (Å²) in [5.74, 6) is -0.0527. The van der Waals surface area contributed by atoms with Crippen LogP contribution in [0, 0.1) is 20.8 Å². The van der Waals surface area contributed by atoms with Crippen LogP contribution >= 0.6 is 0 Å². The molecule has 4 aromatic rings. The number of hydrogen-bond donors (Lipinski definition) is 0. The molecule has 3 aromatic carbocycles. The summed E-state index contributed by atoms with van der Waals surface area (Å²) in [6, 6.07) is 21.4. The Bertz CT molecular complexity index is 1380. The molecule has 0 spiro atoms. The van der Waals surface area contributed by atoms with Crippen molar-refractivity contribution < 1.29 is 9.21 Å². The molecule has 160 valence electrons. The molecular weight excluding hydrogens is 398 g/mol. The molecule has 0 saturated heterocycles. The van der Waals surface area contributed by atoms with Crippen molar-refractivity contribution in [2.75, 3.05) is 6.54 Å². The van der Waals surface area contributed by atoms with Crippen LogP contribution in [0.1, 0.15) is 50.0 Å². The van der Waals surface area contributed by atoms with Crippen molar-refractivity contribution in [1.82, 2.24) is 4.90 Å². The van der Waals surface area contributed by atoms with E-state index in [9.17, 15) is 9.59 Å². The molecule has 32 heavy (non-hydrogen) atoms. The number of hydrogen-bond acceptors (Lipinski definition) is 3. The Kier molecular flexibility index (Phi) is 4.93. The Morgan fingerprint density at radius 1 is 0.875 bits per heavy atom. The van der Waals surface area contributed by atoms with Crippen molar-refractivity contribution in [2.45, 2.75) is 33.2 Å². The van der Waals surface area contributed by atoms with Crippen LogP contribution in [0.3, 0.4) is 0 Å². The van der Waals surface area contributed by atoms with Crippen LogP contribution in [0.5, 0.6) is 0 Å². The molecule has 1 aliphatic heterocycles. The van der Waals surface area contributed by atoms with E-state index < -0.39 is 6.04 Å². The quantitative estimate of drug-likeness (QED) is 0.435. The molecule has 5 rings (SSSR count). The van der Waals surface area contributed by atoms with Gasteiger partial charge < -0.3 is 9.32 Å². The zero-order valence-electron chi connectivity index (χ0n) is 18.5. The van der Waals surface area contributed by atoms with E-state index in [1.54, 1.807) is 4.90 Å². The molecule has 0 fully saturated rings. The third kappa shape index (κ3) is 3.32. The zero-order valence-corrected chi connectivity index (χ0v) is 18.5. The van der Waals surface area contributed by atoms with Crippen LogP contribution in [-0.4, -0.2) is 17.4 Å². The molecule has 1 aliphatic rings. The molecule has 0 bridgehead atoms. The van der Waals surface area contributed by atoms with E-state index in [-0.39, 0.29) is 17.1 Å². The Morgan fingerprint density at radius 2 is 1.56 bits per heavy atom. The molecule has 4 heteroatoms. The van der Waals surface area contributed by atoms with Crippen LogP contribution in [0.2, 0.25) is 0 Å². The number of aryl methyl sites for hydroxylation is 3. The van der Waals surface area contributed by atoms with Gasteiger partial charge in [-0.1, -0.05) is 60.2 Å². The number of rotatable bonds is 4. The lowest BCUT2D eigenvalue weighted by molar-refractivity contribution is 0.0730. The minimum absolute atomic E-state index is 0.120.